The summed E-state index contributed by atoms with van der Waals surface area (Å²) in [7, 11) is 3.52. The number of hydrogen-bond donors (Lipinski definition) is 1. The number of rotatable bonds is 6. The van der Waals surface area contributed by atoms with Crippen LogP contribution in [0.2, 0.25) is 0 Å². The van der Waals surface area contributed by atoms with E-state index in [1.165, 1.54) is 19.2 Å². The predicted octanol–water partition coefficient (Wildman–Crippen LogP) is 1.81. The van der Waals surface area contributed by atoms with Crippen molar-refractivity contribution in [2.75, 3.05) is 32.9 Å². The minimum atomic E-state index is -1.41. The second-order valence-electron chi connectivity index (χ2n) is 5.57. The number of carbonyl (C=O) groups is 2. The van der Waals surface area contributed by atoms with E-state index in [4.69, 9.17) is 14.2 Å². The molecule has 144 valence electrons. The minimum absolute atomic E-state index is 0.176. The number of hydrazine groups is 1. The van der Waals surface area contributed by atoms with E-state index in [0.29, 0.717) is 6.42 Å². The van der Waals surface area contributed by atoms with Crippen molar-refractivity contribution in [3.63, 3.8) is 0 Å². The van der Waals surface area contributed by atoms with Gasteiger partial charge in [0.05, 0.1) is 21.3 Å². The molecular weight excluding hydrogens is 354 g/mol. The minimum Gasteiger partial charge on any atom is -0.491 e. The molecule has 1 heterocycles. The van der Waals surface area contributed by atoms with Gasteiger partial charge < -0.3 is 19.3 Å². The molecule has 1 atom stereocenters. The molecule has 1 aliphatic rings. The van der Waals surface area contributed by atoms with E-state index >= 15 is 0 Å². The van der Waals surface area contributed by atoms with Crippen molar-refractivity contribution >= 4 is 17.6 Å². The predicted molar refractivity (Wildman–Crippen MR) is 86.5 cm³/mol. The number of aliphatic carboxylic acids is 1. The number of carbonyl (C=O) groups excluding carboxylic acids is 1. The molecule has 0 saturated carbocycles. The van der Waals surface area contributed by atoms with Crippen molar-refractivity contribution in [2.24, 2.45) is 0 Å². The van der Waals surface area contributed by atoms with Gasteiger partial charge in [0.25, 0.3) is 0 Å². The maximum Gasteiger partial charge on any atom is 0.322 e. The number of ether oxygens (including phenoxy) is 3. The number of amides is 1. The van der Waals surface area contributed by atoms with E-state index < -0.39 is 41.0 Å². The van der Waals surface area contributed by atoms with Crippen LogP contribution < -0.4 is 19.2 Å². The van der Waals surface area contributed by atoms with Crippen molar-refractivity contribution < 1.29 is 37.7 Å². The molecule has 26 heavy (non-hydrogen) atoms. The van der Waals surface area contributed by atoms with Crippen molar-refractivity contribution in [3.8, 4) is 17.2 Å². The Hall–Kier alpha value is -2.62. The third-order valence-corrected chi connectivity index (χ3v) is 4.12. The molecule has 1 fully saturated rings. The first-order chi connectivity index (χ1) is 12.3. The molecule has 8 nitrogen and oxygen atoms in total. The quantitative estimate of drug-likeness (QED) is 0.812. The number of halogens is 2. The lowest BCUT2D eigenvalue weighted by Gasteiger charge is -2.35. The first kappa shape index (κ1) is 19.7. The zero-order valence-corrected chi connectivity index (χ0v) is 14.8. The Balaban J connectivity index is 2.75. The van der Waals surface area contributed by atoms with Gasteiger partial charge in [-0.1, -0.05) is 0 Å². The van der Waals surface area contributed by atoms with Gasteiger partial charge in [-0.15, -0.1) is 0 Å². The maximum atomic E-state index is 14.8. The summed E-state index contributed by atoms with van der Waals surface area (Å²) >= 11 is 0. The van der Waals surface area contributed by atoms with Crippen LogP contribution in [0.15, 0.2) is 0 Å². The van der Waals surface area contributed by atoms with E-state index in [9.17, 15) is 23.5 Å². The Bertz CT molecular complexity index is 727. The van der Waals surface area contributed by atoms with E-state index in [1.54, 1.807) is 0 Å². The van der Waals surface area contributed by atoms with Crippen LogP contribution in [0.25, 0.3) is 0 Å². The summed E-state index contributed by atoms with van der Waals surface area (Å²) in [5.41, 5.74) is -0.566. The normalized spacial score (nSPS) is 17.1. The van der Waals surface area contributed by atoms with Crippen LogP contribution in [-0.4, -0.2) is 55.9 Å². The highest BCUT2D eigenvalue weighted by Crippen LogP contribution is 2.49. The summed E-state index contributed by atoms with van der Waals surface area (Å²) in [4.78, 5) is 23.7. The topological polar surface area (TPSA) is 88.5 Å². The summed E-state index contributed by atoms with van der Waals surface area (Å²) < 4.78 is 44.4. The van der Waals surface area contributed by atoms with Gasteiger partial charge in [-0.05, 0) is 12.8 Å². The van der Waals surface area contributed by atoms with Crippen molar-refractivity contribution in [1.82, 2.24) is 5.01 Å². The number of methoxy groups -OCH3 is 3. The summed E-state index contributed by atoms with van der Waals surface area (Å²) in [6, 6.07) is -1.06. The lowest BCUT2D eigenvalue weighted by atomic mass is 10.2. The highest BCUT2D eigenvalue weighted by molar-refractivity contribution is 5.94. The lowest BCUT2D eigenvalue weighted by molar-refractivity contribution is -0.142. The van der Waals surface area contributed by atoms with Crippen molar-refractivity contribution in [2.45, 2.75) is 25.8 Å². The Morgan fingerprint density at radius 1 is 1.08 bits per heavy atom. The van der Waals surface area contributed by atoms with E-state index in [0.717, 1.165) is 19.0 Å². The molecule has 1 aromatic rings. The molecule has 0 radical (unpaired) electrons. The number of anilines is 1. The van der Waals surface area contributed by atoms with Gasteiger partial charge in [0, 0.05) is 13.5 Å². The summed E-state index contributed by atoms with van der Waals surface area (Å²) in [5, 5.41) is 11.3. The third kappa shape index (κ3) is 3.12. The Labute approximate surface area is 148 Å². The van der Waals surface area contributed by atoms with Crippen LogP contribution in [0.4, 0.5) is 14.5 Å². The van der Waals surface area contributed by atoms with Gasteiger partial charge in [0.1, 0.15) is 11.7 Å². The first-order valence-corrected chi connectivity index (χ1v) is 7.77. The number of benzene rings is 1. The molecule has 1 unspecified atom stereocenters. The summed E-state index contributed by atoms with van der Waals surface area (Å²) in [5.74, 6) is -5.72. The average molecular weight is 374 g/mol. The van der Waals surface area contributed by atoms with Crippen molar-refractivity contribution in [3.05, 3.63) is 11.6 Å². The summed E-state index contributed by atoms with van der Waals surface area (Å²) in [6.45, 7) is 1.29. The number of carboxylic acid groups (broad SMARTS) is 1. The molecule has 10 heteroatoms. The fraction of sp³-hybridized carbons (Fsp3) is 0.500. The Kier molecular flexibility index (Phi) is 5.86. The third-order valence-electron chi connectivity index (χ3n) is 4.12. The van der Waals surface area contributed by atoms with Gasteiger partial charge in [-0.3, -0.25) is 9.59 Å². The average Bonchev–Trinajstić information content (AvgIpc) is 3.07. The highest BCUT2D eigenvalue weighted by atomic mass is 19.2. The van der Waals surface area contributed by atoms with Gasteiger partial charge in [0.2, 0.25) is 23.2 Å². The first-order valence-electron chi connectivity index (χ1n) is 7.77. The van der Waals surface area contributed by atoms with Crippen molar-refractivity contribution in [1.29, 1.82) is 0 Å². The fourth-order valence-corrected chi connectivity index (χ4v) is 3.07. The van der Waals surface area contributed by atoms with Gasteiger partial charge in [-0.25, -0.2) is 9.40 Å². The lowest BCUT2D eigenvalue weighted by Crippen LogP contribution is -2.51. The fourth-order valence-electron chi connectivity index (χ4n) is 3.07. The maximum absolute atomic E-state index is 14.8. The van der Waals surface area contributed by atoms with E-state index in [1.807, 2.05) is 0 Å². The number of hydrogen-bond acceptors (Lipinski definition) is 6. The van der Waals surface area contributed by atoms with Crippen LogP contribution in [0.1, 0.15) is 19.8 Å². The second kappa shape index (κ2) is 7.73. The standard InChI is InChI=1S/C16H20F2N2O6/c1-8(21)20(19-7-5-6-9(19)16(22)23)12-10(17)11(18)13(24-2)15(26-4)14(12)25-3/h9H,5-7H2,1-4H3,(H,22,23). The molecule has 1 N–H and O–H groups in total. The zero-order chi connectivity index (χ0) is 19.6. The van der Waals surface area contributed by atoms with Crippen LogP contribution in [0, 0.1) is 11.6 Å². The number of carboxylic acids is 1. The molecule has 1 saturated heterocycles. The molecule has 1 aromatic carbocycles. The molecular formula is C16H20F2N2O6. The monoisotopic (exact) mass is 374 g/mol. The van der Waals surface area contributed by atoms with Gasteiger partial charge in [-0.2, -0.15) is 9.40 Å². The molecule has 0 aliphatic carbocycles. The Morgan fingerprint density at radius 3 is 2.12 bits per heavy atom. The zero-order valence-electron chi connectivity index (χ0n) is 14.8. The van der Waals surface area contributed by atoms with E-state index in [2.05, 4.69) is 0 Å². The molecule has 0 spiro atoms. The highest BCUT2D eigenvalue weighted by Gasteiger charge is 2.41. The molecule has 2 rings (SSSR count). The molecule has 0 aromatic heterocycles. The van der Waals surface area contributed by atoms with Crippen LogP contribution in [0.5, 0.6) is 17.2 Å². The smallest absolute Gasteiger partial charge is 0.322 e. The van der Waals surface area contributed by atoms with Crippen LogP contribution in [-0.2, 0) is 9.59 Å². The largest absolute Gasteiger partial charge is 0.491 e. The van der Waals surface area contributed by atoms with Crippen LogP contribution in [0.3, 0.4) is 0 Å². The van der Waals surface area contributed by atoms with E-state index in [-0.39, 0.29) is 24.5 Å². The second-order valence-corrected chi connectivity index (χ2v) is 5.57. The van der Waals surface area contributed by atoms with Gasteiger partial charge >= 0.3 is 5.97 Å². The summed E-state index contributed by atoms with van der Waals surface area (Å²) in [6.07, 6.45) is 0.735. The molecule has 1 aliphatic heterocycles. The SMILES string of the molecule is COc1c(F)c(F)c(N(C(C)=O)N2CCCC2C(=O)O)c(OC)c1OC. The molecule has 0 bridgehead atoms. The van der Waals surface area contributed by atoms with Crippen LogP contribution >= 0.6 is 0 Å². The number of nitrogens with zero attached hydrogens (tertiary/aromatic N) is 2. The molecule has 1 amide bonds. The Morgan fingerprint density at radius 2 is 1.65 bits per heavy atom. The van der Waals surface area contributed by atoms with Gasteiger partial charge in [0.15, 0.2) is 11.6 Å².